The predicted octanol–water partition coefficient (Wildman–Crippen LogP) is 4.99. The van der Waals surface area contributed by atoms with Crippen molar-refractivity contribution in [3.8, 4) is 5.75 Å². The Hall–Kier alpha value is -1.06. The summed E-state index contributed by atoms with van der Waals surface area (Å²) in [5.41, 5.74) is 1.31. The number of methoxy groups -OCH3 is 1. The average molecular weight is 319 g/mol. The molecule has 0 amide bonds. The van der Waals surface area contributed by atoms with E-state index in [0.717, 1.165) is 25.4 Å². The van der Waals surface area contributed by atoms with Gasteiger partial charge in [-0.3, -0.25) is 4.90 Å². The molecule has 1 unspecified atom stereocenters. The van der Waals surface area contributed by atoms with E-state index in [1.165, 1.54) is 56.9 Å². The van der Waals surface area contributed by atoms with Crippen molar-refractivity contribution in [2.24, 2.45) is 0 Å². The third-order valence-electron chi connectivity index (χ3n) is 4.63. The highest BCUT2D eigenvalue weighted by Crippen LogP contribution is 2.23. The van der Waals surface area contributed by atoms with E-state index in [1.807, 2.05) is 6.07 Å². The molecule has 1 fully saturated rings. The summed E-state index contributed by atoms with van der Waals surface area (Å²) < 4.78 is 11.5. The molecule has 2 rings (SSSR count). The first-order valence-electron chi connectivity index (χ1n) is 9.32. The standard InChI is InChI=1S/C20H33NO2/c1-3-4-5-6-7-8-15-23-20-13-10-14-21(20)17-18-11-9-12-19(16-18)22-2/h9,11-12,16,20H,3-8,10,13-15,17H2,1-2H3. The minimum Gasteiger partial charge on any atom is -0.497 e. The molecule has 3 nitrogen and oxygen atoms in total. The Morgan fingerprint density at radius 3 is 2.78 bits per heavy atom. The lowest BCUT2D eigenvalue weighted by Gasteiger charge is -2.24. The maximum atomic E-state index is 6.15. The molecule has 3 heteroatoms. The summed E-state index contributed by atoms with van der Waals surface area (Å²) in [5, 5.41) is 0. The lowest BCUT2D eigenvalue weighted by molar-refractivity contribution is -0.0404. The molecule has 1 aromatic rings. The molecule has 1 aromatic carbocycles. The topological polar surface area (TPSA) is 21.7 Å². The van der Waals surface area contributed by atoms with Crippen molar-refractivity contribution in [3.63, 3.8) is 0 Å². The smallest absolute Gasteiger partial charge is 0.119 e. The number of hydrogen-bond acceptors (Lipinski definition) is 3. The summed E-state index contributed by atoms with van der Waals surface area (Å²) in [4.78, 5) is 2.46. The molecule has 0 saturated carbocycles. The van der Waals surface area contributed by atoms with Crippen molar-refractivity contribution in [2.75, 3.05) is 20.3 Å². The van der Waals surface area contributed by atoms with Crippen molar-refractivity contribution < 1.29 is 9.47 Å². The fourth-order valence-electron chi connectivity index (χ4n) is 3.27. The third kappa shape index (κ3) is 6.52. The molecule has 23 heavy (non-hydrogen) atoms. The van der Waals surface area contributed by atoms with Gasteiger partial charge in [-0.25, -0.2) is 0 Å². The first-order chi connectivity index (χ1) is 11.3. The van der Waals surface area contributed by atoms with Crippen LogP contribution in [-0.2, 0) is 11.3 Å². The van der Waals surface area contributed by atoms with Gasteiger partial charge in [0.05, 0.1) is 7.11 Å². The number of benzene rings is 1. The van der Waals surface area contributed by atoms with Gasteiger partial charge in [0.15, 0.2) is 0 Å². The zero-order valence-corrected chi connectivity index (χ0v) is 14.9. The van der Waals surface area contributed by atoms with Crippen LogP contribution in [0.2, 0.25) is 0 Å². The van der Waals surface area contributed by atoms with Crippen LogP contribution < -0.4 is 4.74 Å². The fourth-order valence-corrected chi connectivity index (χ4v) is 3.27. The van der Waals surface area contributed by atoms with Crippen molar-refractivity contribution in [3.05, 3.63) is 29.8 Å². The van der Waals surface area contributed by atoms with Crippen molar-refractivity contribution in [1.82, 2.24) is 4.90 Å². The normalized spacial score (nSPS) is 18.4. The van der Waals surface area contributed by atoms with Gasteiger partial charge in [0.1, 0.15) is 12.0 Å². The van der Waals surface area contributed by atoms with Gasteiger partial charge in [-0.05, 0) is 37.0 Å². The number of rotatable bonds is 11. The summed E-state index contributed by atoms with van der Waals surface area (Å²) >= 11 is 0. The molecule has 1 atom stereocenters. The Bertz CT molecular complexity index is 435. The zero-order chi connectivity index (χ0) is 16.3. The van der Waals surface area contributed by atoms with Crippen molar-refractivity contribution in [2.45, 2.75) is 71.1 Å². The van der Waals surface area contributed by atoms with Gasteiger partial charge in [0.2, 0.25) is 0 Å². The molecule has 1 saturated heterocycles. The first-order valence-corrected chi connectivity index (χ1v) is 9.32. The average Bonchev–Trinajstić information content (AvgIpc) is 3.01. The number of nitrogens with zero attached hydrogens (tertiary/aromatic N) is 1. The van der Waals surface area contributed by atoms with Gasteiger partial charge in [0, 0.05) is 19.7 Å². The first kappa shape index (κ1) is 18.3. The molecule has 0 radical (unpaired) electrons. The van der Waals surface area contributed by atoms with Crippen LogP contribution in [0.15, 0.2) is 24.3 Å². The second kappa shape index (κ2) is 10.7. The van der Waals surface area contributed by atoms with Crippen LogP contribution in [0.25, 0.3) is 0 Å². The lowest BCUT2D eigenvalue weighted by atomic mass is 10.1. The second-order valence-electron chi connectivity index (χ2n) is 6.56. The van der Waals surface area contributed by atoms with E-state index < -0.39 is 0 Å². The van der Waals surface area contributed by atoms with E-state index in [-0.39, 0.29) is 0 Å². The van der Waals surface area contributed by atoms with Crippen LogP contribution in [0.4, 0.5) is 0 Å². The molecule has 1 aliphatic heterocycles. The fraction of sp³-hybridized carbons (Fsp3) is 0.700. The maximum absolute atomic E-state index is 6.15. The molecule has 0 aliphatic carbocycles. The Balaban J connectivity index is 1.68. The van der Waals surface area contributed by atoms with E-state index >= 15 is 0 Å². The second-order valence-corrected chi connectivity index (χ2v) is 6.56. The van der Waals surface area contributed by atoms with Gasteiger partial charge in [0.25, 0.3) is 0 Å². The Labute approximate surface area is 142 Å². The van der Waals surface area contributed by atoms with Crippen LogP contribution in [-0.4, -0.2) is 31.4 Å². The maximum Gasteiger partial charge on any atom is 0.119 e. The summed E-state index contributed by atoms with van der Waals surface area (Å²) in [6.45, 7) is 5.27. The summed E-state index contributed by atoms with van der Waals surface area (Å²) in [5.74, 6) is 0.936. The van der Waals surface area contributed by atoms with Crippen LogP contribution in [0.1, 0.15) is 63.9 Å². The van der Waals surface area contributed by atoms with E-state index in [0.29, 0.717) is 6.23 Å². The highest BCUT2D eigenvalue weighted by Gasteiger charge is 2.24. The SMILES string of the molecule is CCCCCCCCOC1CCCN1Cc1cccc(OC)c1. The summed E-state index contributed by atoms with van der Waals surface area (Å²) in [7, 11) is 1.72. The highest BCUT2D eigenvalue weighted by molar-refractivity contribution is 5.28. The minimum atomic E-state index is 0.303. The summed E-state index contributed by atoms with van der Waals surface area (Å²) in [6, 6.07) is 8.37. The third-order valence-corrected chi connectivity index (χ3v) is 4.63. The van der Waals surface area contributed by atoms with E-state index in [2.05, 4.69) is 30.0 Å². The Morgan fingerprint density at radius 1 is 1.13 bits per heavy atom. The molecule has 1 aliphatic rings. The number of likely N-dealkylation sites (tertiary alicyclic amines) is 1. The predicted molar refractivity (Wildman–Crippen MR) is 95.8 cm³/mol. The highest BCUT2D eigenvalue weighted by atomic mass is 16.5. The van der Waals surface area contributed by atoms with Gasteiger partial charge in [-0.15, -0.1) is 0 Å². The Kier molecular flexibility index (Phi) is 8.48. The molecule has 0 N–H and O–H groups in total. The molecule has 130 valence electrons. The van der Waals surface area contributed by atoms with Gasteiger partial charge in [-0.2, -0.15) is 0 Å². The van der Waals surface area contributed by atoms with Gasteiger partial charge < -0.3 is 9.47 Å². The van der Waals surface area contributed by atoms with Crippen molar-refractivity contribution in [1.29, 1.82) is 0 Å². The van der Waals surface area contributed by atoms with E-state index in [1.54, 1.807) is 7.11 Å². The van der Waals surface area contributed by atoms with Crippen LogP contribution in [0.5, 0.6) is 5.75 Å². The lowest BCUT2D eigenvalue weighted by Crippen LogP contribution is -2.31. The van der Waals surface area contributed by atoms with Gasteiger partial charge >= 0.3 is 0 Å². The van der Waals surface area contributed by atoms with E-state index in [9.17, 15) is 0 Å². The Morgan fingerprint density at radius 2 is 1.96 bits per heavy atom. The van der Waals surface area contributed by atoms with Crippen LogP contribution in [0, 0.1) is 0 Å². The molecule has 1 heterocycles. The van der Waals surface area contributed by atoms with Crippen LogP contribution in [0.3, 0.4) is 0 Å². The quantitative estimate of drug-likeness (QED) is 0.536. The van der Waals surface area contributed by atoms with Crippen molar-refractivity contribution >= 4 is 0 Å². The number of ether oxygens (including phenoxy) is 2. The molecule has 0 spiro atoms. The van der Waals surface area contributed by atoms with Crippen LogP contribution >= 0.6 is 0 Å². The molecular formula is C20H33NO2. The summed E-state index contributed by atoms with van der Waals surface area (Å²) in [6.07, 6.45) is 10.6. The molecule has 0 aromatic heterocycles. The number of hydrogen-bond donors (Lipinski definition) is 0. The minimum absolute atomic E-state index is 0.303. The largest absolute Gasteiger partial charge is 0.497 e. The monoisotopic (exact) mass is 319 g/mol. The molecule has 0 bridgehead atoms. The van der Waals surface area contributed by atoms with E-state index in [4.69, 9.17) is 9.47 Å². The number of unbranched alkanes of at least 4 members (excludes halogenated alkanes) is 5. The molecular weight excluding hydrogens is 286 g/mol. The van der Waals surface area contributed by atoms with Gasteiger partial charge in [-0.1, -0.05) is 51.2 Å². The zero-order valence-electron chi connectivity index (χ0n) is 14.9.